The van der Waals surface area contributed by atoms with E-state index < -0.39 is 0 Å². The molecule has 6 nitrogen and oxygen atoms in total. The van der Waals surface area contributed by atoms with Crippen LogP contribution in [0.2, 0.25) is 0 Å². The average Bonchev–Trinajstić information content (AvgIpc) is 3.23. The number of aliphatic hydroxyl groups excluding tert-OH is 1. The molecule has 2 heterocycles. The molecule has 2 aromatic heterocycles. The van der Waals surface area contributed by atoms with Gasteiger partial charge in [-0.2, -0.15) is 0 Å². The molecular weight excluding hydrogens is 254 g/mol. The molecule has 106 valence electrons. The Hall–Kier alpha value is -2.05. The number of nitrogens with zero attached hydrogens (tertiary/aromatic N) is 2. The maximum Gasteiger partial charge on any atom is 0.137 e. The Balaban J connectivity index is 1.70. The van der Waals surface area contributed by atoms with E-state index in [1.165, 1.54) is 18.4 Å². The summed E-state index contributed by atoms with van der Waals surface area (Å²) in [5.74, 6) is 5.98. The number of rotatable bonds is 6. The highest BCUT2D eigenvalue weighted by Gasteiger charge is 2.23. The summed E-state index contributed by atoms with van der Waals surface area (Å²) in [5, 5.41) is 12.0. The molecular formula is C14H19N5O. The van der Waals surface area contributed by atoms with Crippen LogP contribution < -0.4 is 16.6 Å². The molecule has 5 N–H and O–H groups in total. The lowest BCUT2D eigenvalue weighted by atomic mass is 10.2. The lowest BCUT2D eigenvalue weighted by Crippen LogP contribution is -2.25. The zero-order chi connectivity index (χ0) is 13.9. The van der Waals surface area contributed by atoms with E-state index in [1.54, 1.807) is 6.20 Å². The topological polar surface area (TPSA) is 87.6 Å². The molecule has 0 bridgehead atoms. The van der Waals surface area contributed by atoms with Crippen LogP contribution in [0.1, 0.15) is 30.0 Å². The van der Waals surface area contributed by atoms with Crippen molar-refractivity contribution in [3.05, 3.63) is 47.7 Å². The van der Waals surface area contributed by atoms with Crippen molar-refractivity contribution in [3.63, 3.8) is 0 Å². The number of imidazole rings is 1. The highest BCUT2D eigenvalue weighted by Crippen LogP contribution is 2.39. The van der Waals surface area contributed by atoms with Gasteiger partial charge in [0.05, 0.1) is 24.5 Å². The van der Waals surface area contributed by atoms with Crippen molar-refractivity contribution >= 4 is 5.65 Å². The smallest absolute Gasteiger partial charge is 0.137 e. The fourth-order valence-electron chi connectivity index (χ4n) is 2.22. The van der Waals surface area contributed by atoms with E-state index in [4.69, 9.17) is 10.9 Å². The highest BCUT2D eigenvalue weighted by atomic mass is 16.3. The number of hydrazine groups is 1. The largest absolute Gasteiger partial charge is 0.390 e. The molecule has 0 unspecified atom stereocenters. The minimum atomic E-state index is -0.126. The van der Waals surface area contributed by atoms with E-state index in [9.17, 15) is 0 Å². The zero-order valence-electron chi connectivity index (χ0n) is 11.2. The molecule has 0 aliphatic heterocycles. The molecule has 0 saturated heterocycles. The van der Waals surface area contributed by atoms with E-state index in [0.717, 1.165) is 17.3 Å². The quantitative estimate of drug-likeness (QED) is 0.457. The van der Waals surface area contributed by atoms with Crippen molar-refractivity contribution in [2.75, 3.05) is 6.61 Å². The molecule has 20 heavy (non-hydrogen) atoms. The van der Waals surface area contributed by atoms with Crippen LogP contribution in [0.4, 0.5) is 0 Å². The first kappa shape index (κ1) is 13.0. The Morgan fingerprint density at radius 2 is 2.30 bits per heavy atom. The molecule has 2 aromatic rings. The van der Waals surface area contributed by atoms with Gasteiger partial charge in [0.25, 0.3) is 0 Å². The van der Waals surface area contributed by atoms with Crippen molar-refractivity contribution in [3.8, 4) is 0 Å². The van der Waals surface area contributed by atoms with Gasteiger partial charge in [0.2, 0.25) is 0 Å². The number of aromatic nitrogens is 2. The summed E-state index contributed by atoms with van der Waals surface area (Å²) in [7, 11) is 0. The standard InChI is InChI=1S/C14H19N5O/c15-18-13(9-20)6-16-5-12-8-19-7-11(10-1-2-10)3-4-14(19)17-12/h3-4,6-8,10,16,18,20H,1-2,5,9,15H2/b13-6-. The van der Waals surface area contributed by atoms with E-state index in [1.807, 2.05) is 6.20 Å². The van der Waals surface area contributed by atoms with Crippen LogP contribution >= 0.6 is 0 Å². The van der Waals surface area contributed by atoms with Crippen LogP contribution in [-0.2, 0) is 6.54 Å². The van der Waals surface area contributed by atoms with Crippen molar-refractivity contribution < 1.29 is 5.11 Å². The molecule has 0 radical (unpaired) electrons. The summed E-state index contributed by atoms with van der Waals surface area (Å²) in [6.45, 7) is 0.463. The van der Waals surface area contributed by atoms with Gasteiger partial charge in [-0.3, -0.25) is 5.84 Å². The lowest BCUT2D eigenvalue weighted by Gasteiger charge is -2.03. The maximum atomic E-state index is 8.96. The molecule has 0 amide bonds. The van der Waals surface area contributed by atoms with Gasteiger partial charge >= 0.3 is 0 Å². The van der Waals surface area contributed by atoms with Gasteiger partial charge in [0.1, 0.15) is 5.65 Å². The molecule has 1 aliphatic carbocycles. The Morgan fingerprint density at radius 1 is 1.45 bits per heavy atom. The number of hydrogen-bond acceptors (Lipinski definition) is 5. The Bertz CT molecular complexity index is 624. The predicted molar refractivity (Wildman–Crippen MR) is 76.5 cm³/mol. The van der Waals surface area contributed by atoms with Gasteiger partial charge in [0, 0.05) is 18.6 Å². The van der Waals surface area contributed by atoms with Gasteiger partial charge in [-0.25, -0.2) is 4.98 Å². The van der Waals surface area contributed by atoms with Crippen LogP contribution in [0.25, 0.3) is 5.65 Å². The second-order valence-corrected chi connectivity index (χ2v) is 5.09. The lowest BCUT2D eigenvalue weighted by molar-refractivity contribution is 0.321. The fraction of sp³-hybridized carbons (Fsp3) is 0.357. The average molecular weight is 273 g/mol. The first-order valence-electron chi connectivity index (χ1n) is 6.77. The Morgan fingerprint density at radius 3 is 3.00 bits per heavy atom. The van der Waals surface area contributed by atoms with E-state index in [0.29, 0.717) is 12.2 Å². The summed E-state index contributed by atoms with van der Waals surface area (Å²) in [5.41, 5.74) is 6.24. The van der Waals surface area contributed by atoms with Gasteiger partial charge in [-0.15, -0.1) is 0 Å². The second-order valence-electron chi connectivity index (χ2n) is 5.09. The van der Waals surface area contributed by atoms with E-state index in [2.05, 4.69) is 38.5 Å². The summed E-state index contributed by atoms with van der Waals surface area (Å²) in [6.07, 6.45) is 8.45. The van der Waals surface area contributed by atoms with E-state index >= 15 is 0 Å². The minimum Gasteiger partial charge on any atom is -0.390 e. The van der Waals surface area contributed by atoms with Crippen molar-refractivity contribution in [1.82, 2.24) is 20.1 Å². The highest BCUT2D eigenvalue weighted by molar-refractivity contribution is 5.42. The molecule has 3 rings (SSSR count). The van der Waals surface area contributed by atoms with Crippen LogP contribution in [-0.4, -0.2) is 21.1 Å². The van der Waals surface area contributed by atoms with Crippen LogP contribution in [0.5, 0.6) is 0 Å². The third-order valence-corrected chi connectivity index (χ3v) is 3.49. The molecule has 0 atom stereocenters. The van der Waals surface area contributed by atoms with Crippen LogP contribution in [0.3, 0.4) is 0 Å². The Kier molecular flexibility index (Phi) is 3.58. The van der Waals surface area contributed by atoms with Crippen molar-refractivity contribution in [2.24, 2.45) is 5.84 Å². The third kappa shape index (κ3) is 2.76. The zero-order valence-corrected chi connectivity index (χ0v) is 11.2. The molecule has 6 heteroatoms. The number of pyridine rings is 1. The normalized spacial score (nSPS) is 15.6. The summed E-state index contributed by atoms with van der Waals surface area (Å²) < 4.78 is 2.07. The van der Waals surface area contributed by atoms with Crippen LogP contribution in [0.15, 0.2) is 36.4 Å². The van der Waals surface area contributed by atoms with Gasteiger partial charge in [0.15, 0.2) is 0 Å². The molecule has 1 aliphatic rings. The minimum absolute atomic E-state index is 0.126. The maximum absolute atomic E-state index is 8.96. The van der Waals surface area contributed by atoms with Gasteiger partial charge < -0.3 is 20.2 Å². The summed E-state index contributed by atoms with van der Waals surface area (Å²) in [4.78, 5) is 4.54. The second kappa shape index (κ2) is 5.52. The first-order chi connectivity index (χ1) is 9.80. The monoisotopic (exact) mass is 273 g/mol. The first-order valence-corrected chi connectivity index (χ1v) is 6.77. The number of hydrogen-bond donors (Lipinski definition) is 4. The molecule has 0 aromatic carbocycles. The molecule has 0 spiro atoms. The number of fused-ring (bicyclic) bond motifs is 1. The van der Waals surface area contributed by atoms with Crippen molar-refractivity contribution in [1.29, 1.82) is 0 Å². The third-order valence-electron chi connectivity index (χ3n) is 3.49. The molecule has 1 fully saturated rings. The van der Waals surface area contributed by atoms with Crippen molar-refractivity contribution in [2.45, 2.75) is 25.3 Å². The van der Waals surface area contributed by atoms with Crippen LogP contribution in [0, 0.1) is 0 Å². The number of nitrogens with two attached hydrogens (primary N) is 1. The van der Waals surface area contributed by atoms with E-state index in [-0.39, 0.29) is 6.61 Å². The summed E-state index contributed by atoms with van der Waals surface area (Å²) >= 11 is 0. The fourth-order valence-corrected chi connectivity index (χ4v) is 2.22. The number of nitrogens with one attached hydrogen (secondary N) is 2. The Labute approximate surface area is 117 Å². The van der Waals surface area contributed by atoms with Gasteiger partial charge in [-0.05, 0) is 30.4 Å². The van der Waals surface area contributed by atoms with Gasteiger partial charge in [-0.1, -0.05) is 6.07 Å². The summed E-state index contributed by atoms with van der Waals surface area (Å²) in [6, 6.07) is 4.23. The predicted octanol–water partition coefficient (Wildman–Crippen LogP) is 0.598. The molecule has 1 saturated carbocycles. The SMILES string of the molecule is NN/C(=C\NCc1cn2cc(C3CC3)ccc2n1)CO. The number of aliphatic hydroxyl groups is 1.